The largest absolute Gasteiger partial charge is 0.311 e. The van der Waals surface area contributed by atoms with Gasteiger partial charge in [0.1, 0.15) is 6.17 Å². The SMILES string of the molecule is Fc1ccc(CC(F)C2CCCCN2)cc1F. The summed E-state index contributed by atoms with van der Waals surface area (Å²) in [4.78, 5) is 0. The van der Waals surface area contributed by atoms with Crippen molar-refractivity contribution in [3.05, 3.63) is 35.4 Å². The van der Waals surface area contributed by atoms with E-state index in [2.05, 4.69) is 5.32 Å². The molecule has 0 aliphatic carbocycles. The van der Waals surface area contributed by atoms with Gasteiger partial charge in [0, 0.05) is 12.5 Å². The maximum Gasteiger partial charge on any atom is 0.159 e. The van der Waals surface area contributed by atoms with Crippen LogP contribution in [0.15, 0.2) is 18.2 Å². The van der Waals surface area contributed by atoms with E-state index in [1.54, 1.807) is 0 Å². The Morgan fingerprint density at radius 2 is 2.06 bits per heavy atom. The Bertz CT molecular complexity index is 375. The zero-order valence-electron chi connectivity index (χ0n) is 9.56. The molecule has 1 N–H and O–H groups in total. The molecule has 94 valence electrons. The van der Waals surface area contributed by atoms with Gasteiger partial charge in [-0.05, 0) is 37.1 Å². The number of benzene rings is 1. The van der Waals surface area contributed by atoms with Crippen LogP contribution < -0.4 is 5.32 Å². The third kappa shape index (κ3) is 3.22. The molecule has 2 rings (SSSR count). The molecule has 1 aromatic rings. The summed E-state index contributed by atoms with van der Waals surface area (Å²) in [6, 6.07) is 3.40. The second kappa shape index (κ2) is 5.54. The lowest BCUT2D eigenvalue weighted by atomic mass is 9.96. The second-order valence-corrected chi connectivity index (χ2v) is 4.52. The number of piperidine rings is 1. The Labute approximate surface area is 99.0 Å². The van der Waals surface area contributed by atoms with Crippen molar-refractivity contribution >= 4 is 0 Å². The molecule has 0 amide bonds. The summed E-state index contributed by atoms with van der Waals surface area (Å²) < 4.78 is 39.6. The molecule has 2 unspecified atom stereocenters. The maximum atomic E-state index is 13.9. The lowest BCUT2D eigenvalue weighted by molar-refractivity contribution is 0.217. The van der Waals surface area contributed by atoms with Crippen LogP contribution >= 0.6 is 0 Å². The molecule has 1 heterocycles. The van der Waals surface area contributed by atoms with Crippen molar-refractivity contribution in [3.8, 4) is 0 Å². The Balaban J connectivity index is 1.96. The van der Waals surface area contributed by atoms with Gasteiger partial charge in [-0.1, -0.05) is 12.5 Å². The van der Waals surface area contributed by atoms with Gasteiger partial charge in [-0.2, -0.15) is 0 Å². The van der Waals surface area contributed by atoms with Crippen LogP contribution in [0.2, 0.25) is 0 Å². The van der Waals surface area contributed by atoms with Gasteiger partial charge >= 0.3 is 0 Å². The van der Waals surface area contributed by atoms with Crippen LogP contribution in [-0.4, -0.2) is 18.8 Å². The minimum Gasteiger partial charge on any atom is -0.311 e. The zero-order valence-corrected chi connectivity index (χ0v) is 9.56. The Kier molecular flexibility index (Phi) is 4.05. The summed E-state index contributed by atoms with van der Waals surface area (Å²) in [5.74, 6) is -1.80. The van der Waals surface area contributed by atoms with Gasteiger partial charge in [0.2, 0.25) is 0 Å². The first-order chi connectivity index (χ1) is 8.16. The molecule has 1 aliphatic rings. The smallest absolute Gasteiger partial charge is 0.159 e. The molecule has 1 nitrogen and oxygen atoms in total. The van der Waals surface area contributed by atoms with E-state index in [4.69, 9.17) is 0 Å². The Hall–Kier alpha value is -1.03. The lowest BCUT2D eigenvalue weighted by Crippen LogP contribution is -2.42. The van der Waals surface area contributed by atoms with E-state index in [9.17, 15) is 13.2 Å². The lowest BCUT2D eigenvalue weighted by Gasteiger charge is -2.26. The van der Waals surface area contributed by atoms with Crippen LogP contribution in [0.1, 0.15) is 24.8 Å². The molecule has 1 fully saturated rings. The van der Waals surface area contributed by atoms with Crippen molar-refractivity contribution in [3.63, 3.8) is 0 Å². The maximum absolute atomic E-state index is 13.9. The van der Waals surface area contributed by atoms with Gasteiger partial charge in [-0.15, -0.1) is 0 Å². The summed E-state index contributed by atoms with van der Waals surface area (Å²) in [7, 11) is 0. The number of rotatable bonds is 3. The molecule has 1 aromatic carbocycles. The van der Waals surface area contributed by atoms with E-state index in [0.717, 1.165) is 37.9 Å². The second-order valence-electron chi connectivity index (χ2n) is 4.52. The average molecular weight is 243 g/mol. The van der Waals surface area contributed by atoms with E-state index in [1.165, 1.54) is 6.07 Å². The molecule has 1 aliphatic heterocycles. The van der Waals surface area contributed by atoms with Gasteiger partial charge in [-0.25, -0.2) is 13.2 Å². The molecule has 0 bridgehead atoms. The quantitative estimate of drug-likeness (QED) is 0.860. The summed E-state index contributed by atoms with van der Waals surface area (Å²) in [5.41, 5.74) is 0.503. The summed E-state index contributed by atoms with van der Waals surface area (Å²) >= 11 is 0. The molecule has 1 saturated heterocycles. The zero-order chi connectivity index (χ0) is 12.3. The molecular weight excluding hydrogens is 227 g/mol. The molecule has 0 radical (unpaired) electrons. The third-order valence-corrected chi connectivity index (χ3v) is 3.20. The van der Waals surface area contributed by atoms with Gasteiger partial charge < -0.3 is 5.32 Å². The van der Waals surface area contributed by atoms with Crippen LogP contribution in [0.25, 0.3) is 0 Å². The Morgan fingerprint density at radius 3 is 2.71 bits per heavy atom. The summed E-state index contributed by atoms with van der Waals surface area (Å²) in [5, 5.41) is 3.12. The molecular formula is C13H16F3N. The molecule has 0 saturated carbocycles. The highest BCUT2D eigenvalue weighted by molar-refractivity contribution is 5.19. The van der Waals surface area contributed by atoms with Crippen molar-refractivity contribution in [1.82, 2.24) is 5.32 Å². The molecule has 17 heavy (non-hydrogen) atoms. The number of alkyl halides is 1. The predicted molar refractivity (Wildman–Crippen MR) is 60.6 cm³/mol. The Morgan fingerprint density at radius 1 is 1.24 bits per heavy atom. The first kappa shape index (κ1) is 12.4. The minimum absolute atomic E-state index is 0.134. The molecule has 0 spiro atoms. The van der Waals surface area contributed by atoms with E-state index < -0.39 is 17.8 Å². The fourth-order valence-corrected chi connectivity index (χ4v) is 2.22. The average Bonchev–Trinajstić information content (AvgIpc) is 2.35. The van der Waals surface area contributed by atoms with E-state index in [1.807, 2.05) is 0 Å². The normalized spacial score (nSPS) is 22.4. The predicted octanol–water partition coefficient (Wildman–Crippen LogP) is 2.99. The molecule has 0 aromatic heterocycles. The van der Waals surface area contributed by atoms with Crippen LogP contribution in [0.3, 0.4) is 0 Å². The molecule has 4 heteroatoms. The number of nitrogens with one attached hydrogen (secondary N) is 1. The van der Waals surface area contributed by atoms with Crippen LogP contribution in [-0.2, 0) is 6.42 Å². The topological polar surface area (TPSA) is 12.0 Å². The van der Waals surface area contributed by atoms with Crippen molar-refractivity contribution in [1.29, 1.82) is 0 Å². The van der Waals surface area contributed by atoms with Crippen molar-refractivity contribution < 1.29 is 13.2 Å². The standard InChI is InChI=1S/C13H16F3N/c14-10-5-4-9(7-11(10)15)8-12(16)13-3-1-2-6-17-13/h4-5,7,12-13,17H,1-3,6,8H2. The van der Waals surface area contributed by atoms with Crippen LogP contribution in [0.5, 0.6) is 0 Å². The minimum atomic E-state index is -1.04. The fourth-order valence-electron chi connectivity index (χ4n) is 2.22. The van der Waals surface area contributed by atoms with Crippen LogP contribution in [0, 0.1) is 11.6 Å². The number of halogens is 3. The van der Waals surface area contributed by atoms with Gasteiger partial charge in [0.05, 0.1) is 0 Å². The van der Waals surface area contributed by atoms with Gasteiger partial charge in [0.15, 0.2) is 11.6 Å². The third-order valence-electron chi connectivity index (χ3n) is 3.20. The van der Waals surface area contributed by atoms with Crippen LogP contribution in [0.4, 0.5) is 13.2 Å². The highest BCUT2D eigenvalue weighted by atomic mass is 19.2. The first-order valence-electron chi connectivity index (χ1n) is 5.98. The van der Waals surface area contributed by atoms with Crippen molar-refractivity contribution in [2.24, 2.45) is 0 Å². The van der Waals surface area contributed by atoms with E-state index >= 15 is 0 Å². The summed E-state index contributed by atoms with van der Waals surface area (Å²) in [6.07, 6.45) is 2.00. The van der Waals surface area contributed by atoms with E-state index in [-0.39, 0.29) is 12.5 Å². The monoisotopic (exact) mass is 243 g/mol. The van der Waals surface area contributed by atoms with Gasteiger partial charge in [0.25, 0.3) is 0 Å². The highest BCUT2D eigenvalue weighted by Crippen LogP contribution is 2.18. The van der Waals surface area contributed by atoms with Gasteiger partial charge in [-0.3, -0.25) is 0 Å². The molecule has 2 atom stereocenters. The summed E-state index contributed by atoms with van der Waals surface area (Å²) in [6.45, 7) is 0.836. The van der Waals surface area contributed by atoms with Crippen molar-refractivity contribution in [2.75, 3.05) is 6.54 Å². The van der Waals surface area contributed by atoms with Crippen molar-refractivity contribution in [2.45, 2.75) is 37.9 Å². The van der Waals surface area contributed by atoms with E-state index in [0.29, 0.717) is 5.56 Å². The number of hydrogen-bond acceptors (Lipinski definition) is 1. The fraction of sp³-hybridized carbons (Fsp3) is 0.538. The highest BCUT2D eigenvalue weighted by Gasteiger charge is 2.23. The number of hydrogen-bond donors (Lipinski definition) is 1. The first-order valence-corrected chi connectivity index (χ1v) is 5.98.